The van der Waals surface area contributed by atoms with Gasteiger partial charge in [-0.25, -0.2) is 4.98 Å². The fourth-order valence-electron chi connectivity index (χ4n) is 1.06. The number of H-pyrrole nitrogens is 1. The first-order valence-electron chi connectivity index (χ1n) is 3.92. The van der Waals surface area contributed by atoms with E-state index in [1.807, 2.05) is 5.38 Å². The summed E-state index contributed by atoms with van der Waals surface area (Å²) < 4.78 is 2.19. The molecule has 1 N–H and O–H groups in total. The molecule has 2 rings (SSSR count). The van der Waals surface area contributed by atoms with Crippen LogP contribution in [0.3, 0.4) is 0 Å². The Morgan fingerprint density at radius 3 is 3.14 bits per heavy atom. The van der Waals surface area contributed by atoms with Gasteiger partial charge in [-0.1, -0.05) is 0 Å². The minimum absolute atomic E-state index is 0.176. The zero-order valence-corrected chi connectivity index (χ0v) is 8.77. The molecule has 0 saturated carbocycles. The van der Waals surface area contributed by atoms with Gasteiger partial charge in [-0.2, -0.15) is 0 Å². The van der Waals surface area contributed by atoms with Crippen molar-refractivity contribution in [2.75, 3.05) is 0 Å². The third kappa shape index (κ3) is 1.97. The van der Waals surface area contributed by atoms with Gasteiger partial charge in [-0.05, 0) is 12.2 Å². The van der Waals surface area contributed by atoms with Crippen molar-refractivity contribution >= 4 is 23.6 Å². The molecule has 0 unspecified atom stereocenters. The molecule has 0 amide bonds. The Labute approximate surface area is 88.9 Å². The number of hydrogen-bond acceptors (Lipinski definition) is 4. The minimum Gasteiger partial charge on any atom is -0.319 e. The molecule has 0 radical (unpaired) electrons. The first kappa shape index (κ1) is 9.29. The highest BCUT2D eigenvalue weighted by molar-refractivity contribution is 7.71. The maximum atomic E-state index is 10.9. The predicted molar refractivity (Wildman–Crippen MR) is 57.1 cm³/mol. The first-order chi connectivity index (χ1) is 6.75. The zero-order valence-electron chi connectivity index (χ0n) is 7.14. The van der Waals surface area contributed by atoms with Crippen LogP contribution in [0, 0.1) is 4.77 Å². The van der Waals surface area contributed by atoms with Gasteiger partial charge >= 0.3 is 0 Å². The van der Waals surface area contributed by atoms with Gasteiger partial charge in [0.2, 0.25) is 0 Å². The van der Waals surface area contributed by atoms with E-state index in [0.717, 1.165) is 5.69 Å². The molecule has 0 fully saturated rings. The number of hydrogen-bond donors (Lipinski definition) is 1. The fraction of sp³-hybridized carbons (Fsp3) is 0.125. The second kappa shape index (κ2) is 3.85. The van der Waals surface area contributed by atoms with Gasteiger partial charge in [0.1, 0.15) is 0 Å². The van der Waals surface area contributed by atoms with Crippen molar-refractivity contribution < 1.29 is 0 Å². The molecule has 6 heteroatoms. The summed E-state index contributed by atoms with van der Waals surface area (Å²) in [4.78, 5) is 17.6. The first-order valence-corrected chi connectivity index (χ1v) is 5.27. The molecule has 2 aromatic rings. The van der Waals surface area contributed by atoms with Gasteiger partial charge in [0.05, 0.1) is 17.7 Å². The van der Waals surface area contributed by atoms with E-state index in [2.05, 4.69) is 9.97 Å². The van der Waals surface area contributed by atoms with E-state index in [4.69, 9.17) is 12.2 Å². The third-order valence-electron chi connectivity index (χ3n) is 1.71. The van der Waals surface area contributed by atoms with Crippen LogP contribution < -0.4 is 5.56 Å². The van der Waals surface area contributed by atoms with Gasteiger partial charge in [0, 0.05) is 17.6 Å². The van der Waals surface area contributed by atoms with E-state index in [0.29, 0.717) is 11.3 Å². The SMILES string of the molecule is O=c1ccn(Cc2cscn2)c(=S)[nH]1. The maximum absolute atomic E-state index is 10.9. The molecule has 0 aliphatic heterocycles. The Bertz CT molecular complexity index is 526. The van der Waals surface area contributed by atoms with Crippen molar-refractivity contribution in [1.82, 2.24) is 14.5 Å². The summed E-state index contributed by atoms with van der Waals surface area (Å²) in [5.74, 6) is 0. The van der Waals surface area contributed by atoms with Crippen LogP contribution in [0.15, 0.2) is 27.9 Å². The Hall–Kier alpha value is -1.27. The van der Waals surface area contributed by atoms with E-state index >= 15 is 0 Å². The monoisotopic (exact) mass is 225 g/mol. The van der Waals surface area contributed by atoms with E-state index in [1.54, 1.807) is 16.3 Å². The second-order valence-corrected chi connectivity index (χ2v) is 3.82. The molecule has 72 valence electrons. The number of rotatable bonds is 2. The highest BCUT2D eigenvalue weighted by Crippen LogP contribution is 2.02. The second-order valence-electron chi connectivity index (χ2n) is 2.72. The topological polar surface area (TPSA) is 50.7 Å². The molecule has 0 aliphatic rings. The van der Waals surface area contributed by atoms with Crippen LogP contribution in [0.25, 0.3) is 0 Å². The summed E-state index contributed by atoms with van der Waals surface area (Å²) in [6.07, 6.45) is 1.67. The largest absolute Gasteiger partial charge is 0.319 e. The van der Waals surface area contributed by atoms with Crippen LogP contribution in [0.2, 0.25) is 0 Å². The molecule has 2 heterocycles. The highest BCUT2D eigenvalue weighted by atomic mass is 32.1. The Kier molecular flexibility index (Phi) is 2.55. The minimum atomic E-state index is -0.176. The van der Waals surface area contributed by atoms with Crippen LogP contribution in [0.1, 0.15) is 5.69 Å². The van der Waals surface area contributed by atoms with Crippen molar-refractivity contribution in [1.29, 1.82) is 0 Å². The molecule has 0 aliphatic carbocycles. The molecule has 14 heavy (non-hydrogen) atoms. The molecule has 2 aromatic heterocycles. The van der Waals surface area contributed by atoms with Crippen LogP contribution >= 0.6 is 23.6 Å². The molecular weight excluding hydrogens is 218 g/mol. The third-order valence-corrected chi connectivity index (χ3v) is 2.68. The lowest BCUT2D eigenvalue weighted by Gasteiger charge is -2.02. The lowest BCUT2D eigenvalue weighted by Crippen LogP contribution is -2.11. The molecule has 0 aromatic carbocycles. The Morgan fingerprint density at radius 1 is 1.64 bits per heavy atom. The predicted octanol–water partition coefficient (Wildman–Crippen LogP) is 1.41. The quantitative estimate of drug-likeness (QED) is 0.786. The number of nitrogens with zero attached hydrogens (tertiary/aromatic N) is 2. The van der Waals surface area contributed by atoms with Gasteiger partial charge < -0.3 is 4.57 Å². The summed E-state index contributed by atoms with van der Waals surface area (Å²) in [7, 11) is 0. The molecule has 0 atom stereocenters. The average molecular weight is 225 g/mol. The molecular formula is C8H7N3OS2. The number of thiazole rings is 1. The maximum Gasteiger partial charge on any atom is 0.251 e. The van der Waals surface area contributed by atoms with Gasteiger partial charge in [-0.3, -0.25) is 9.78 Å². The summed E-state index contributed by atoms with van der Waals surface area (Å²) in [6, 6.07) is 1.45. The summed E-state index contributed by atoms with van der Waals surface area (Å²) in [5, 5.41) is 1.95. The van der Waals surface area contributed by atoms with E-state index in [1.165, 1.54) is 17.4 Å². The van der Waals surface area contributed by atoms with E-state index in [-0.39, 0.29) is 5.56 Å². The lowest BCUT2D eigenvalue weighted by atomic mass is 10.5. The van der Waals surface area contributed by atoms with Crippen LogP contribution in [-0.2, 0) is 6.54 Å². The molecule has 0 bridgehead atoms. The summed E-state index contributed by atoms with van der Waals surface area (Å²) in [5.41, 5.74) is 2.53. The normalized spacial score (nSPS) is 10.3. The van der Waals surface area contributed by atoms with Crippen molar-refractivity contribution in [3.63, 3.8) is 0 Å². The molecule has 0 spiro atoms. The van der Waals surface area contributed by atoms with Gasteiger partial charge in [0.15, 0.2) is 4.77 Å². The van der Waals surface area contributed by atoms with Gasteiger partial charge in [-0.15, -0.1) is 11.3 Å². The standard InChI is InChI=1S/C8H7N3OS2/c12-7-1-2-11(8(13)10-7)3-6-4-14-5-9-6/h1-2,4-5H,3H2,(H,10,12,13). The summed E-state index contributed by atoms with van der Waals surface area (Å²) in [6.45, 7) is 0.596. The van der Waals surface area contributed by atoms with Crippen molar-refractivity contribution in [3.05, 3.63) is 44.0 Å². The number of aromatic amines is 1. The molecule has 4 nitrogen and oxygen atoms in total. The lowest BCUT2D eigenvalue weighted by molar-refractivity contribution is 0.731. The van der Waals surface area contributed by atoms with Crippen LogP contribution in [-0.4, -0.2) is 14.5 Å². The highest BCUT2D eigenvalue weighted by Gasteiger charge is 1.97. The van der Waals surface area contributed by atoms with Crippen molar-refractivity contribution in [2.24, 2.45) is 0 Å². The Morgan fingerprint density at radius 2 is 2.50 bits per heavy atom. The summed E-state index contributed by atoms with van der Waals surface area (Å²) >= 11 is 6.53. The van der Waals surface area contributed by atoms with Crippen molar-refractivity contribution in [2.45, 2.75) is 6.54 Å². The van der Waals surface area contributed by atoms with Crippen LogP contribution in [0.5, 0.6) is 0 Å². The Balaban J connectivity index is 2.35. The van der Waals surface area contributed by atoms with E-state index < -0.39 is 0 Å². The average Bonchev–Trinajstić information content (AvgIpc) is 2.62. The zero-order chi connectivity index (χ0) is 9.97. The van der Waals surface area contributed by atoms with Gasteiger partial charge in [0.25, 0.3) is 5.56 Å². The molecule has 0 saturated heterocycles. The number of nitrogens with one attached hydrogen (secondary N) is 1. The van der Waals surface area contributed by atoms with Crippen molar-refractivity contribution in [3.8, 4) is 0 Å². The van der Waals surface area contributed by atoms with Crippen LogP contribution in [0.4, 0.5) is 0 Å². The smallest absolute Gasteiger partial charge is 0.251 e. The fourth-order valence-corrected chi connectivity index (χ4v) is 1.83. The van der Waals surface area contributed by atoms with E-state index in [9.17, 15) is 4.79 Å². The number of aromatic nitrogens is 3.